The number of halogens is 2. The van der Waals surface area contributed by atoms with Crippen LogP contribution < -0.4 is 5.73 Å². The molecule has 0 saturated carbocycles. The largest absolute Gasteiger partial charge is 0.394 e. The molecule has 2 aromatic rings. The SMILES string of the molecule is Nc1nc(F)c(F)c2ncn([C@@H]3O[C@H](CO)[C@@H](O)[C@H]3O)c12. The molecule has 3 heterocycles. The van der Waals surface area contributed by atoms with Gasteiger partial charge >= 0.3 is 0 Å². The van der Waals surface area contributed by atoms with Crippen molar-refractivity contribution in [1.29, 1.82) is 0 Å². The number of nitrogens with two attached hydrogens (primary N) is 1. The molecule has 10 heteroatoms. The van der Waals surface area contributed by atoms with Crippen molar-refractivity contribution in [2.75, 3.05) is 12.3 Å². The second kappa shape index (κ2) is 4.84. The number of anilines is 1. The summed E-state index contributed by atoms with van der Waals surface area (Å²) in [6.45, 7) is -0.516. The number of nitrogen functional groups attached to an aromatic ring is 1. The van der Waals surface area contributed by atoms with Gasteiger partial charge in [0.2, 0.25) is 5.82 Å². The van der Waals surface area contributed by atoms with Gasteiger partial charge in [0.1, 0.15) is 29.3 Å². The van der Waals surface area contributed by atoms with Crippen LogP contribution in [0.5, 0.6) is 0 Å². The predicted molar refractivity (Wildman–Crippen MR) is 64.9 cm³/mol. The summed E-state index contributed by atoms with van der Waals surface area (Å²) in [5.74, 6) is -2.99. The van der Waals surface area contributed by atoms with Crippen molar-refractivity contribution < 1.29 is 28.8 Å². The number of imidazole rings is 1. The van der Waals surface area contributed by atoms with E-state index in [4.69, 9.17) is 15.6 Å². The maximum Gasteiger partial charge on any atom is 0.253 e. The Balaban J connectivity index is 2.12. The zero-order chi connectivity index (χ0) is 15.3. The Kier molecular flexibility index (Phi) is 3.24. The fourth-order valence-electron chi connectivity index (χ4n) is 2.38. The van der Waals surface area contributed by atoms with Crippen LogP contribution >= 0.6 is 0 Å². The van der Waals surface area contributed by atoms with Gasteiger partial charge in [0.15, 0.2) is 12.0 Å². The van der Waals surface area contributed by atoms with Gasteiger partial charge in [-0.25, -0.2) is 4.98 Å². The third-order valence-corrected chi connectivity index (χ3v) is 3.44. The molecule has 0 aliphatic carbocycles. The Bertz CT molecular complexity index is 694. The molecule has 0 bridgehead atoms. The highest BCUT2D eigenvalue weighted by molar-refractivity contribution is 5.85. The lowest BCUT2D eigenvalue weighted by atomic mass is 10.1. The summed E-state index contributed by atoms with van der Waals surface area (Å²) in [6.07, 6.45) is -3.81. The van der Waals surface area contributed by atoms with Crippen LogP contribution in [0, 0.1) is 11.8 Å². The summed E-state index contributed by atoms with van der Waals surface area (Å²) in [6, 6.07) is 0. The highest BCUT2D eigenvalue weighted by atomic mass is 19.2. The summed E-state index contributed by atoms with van der Waals surface area (Å²) in [5, 5.41) is 28.7. The summed E-state index contributed by atoms with van der Waals surface area (Å²) in [7, 11) is 0. The maximum absolute atomic E-state index is 13.6. The summed E-state index contributed by atoms with van der Waals surface area (Å²) in [5.41, 5.74) is 5.13. The number of aliphatic hydroxyl groups excluding tert-OH is 3. The van der Waals surface area contributed by atoms with E-state index in [-0.39, 0.29) is 16.9 Å². The highest BCUT2D eigenvalue weighted by Crippen LogP contribution is 2.33. The first-order chi connectivity index (χ1) is 9.95. The van der Waals surface area contributed by atoms with Gasteiger partial charge in [0.05, 0.1) is 12.9 Å². The van der Waals surface area contributed by atoms with Gasteiger partial charge in [0.25, 0.3) is 5.95 Å². The van der Waals surface area contributed by atoms with Crippen LogP contribution in [0.4, 0.5) is 14.6 Å². The van der Waals surface area contributed by atoms with Crippen LogP contribution in [-0.4, -0.2) is 54.8 Å². The van der Waals surface area contributed by atoms with Crippen molar-refractivity contribution in [2.24, 2.45) is 0 Å². The summed E-state index contributed by atoms with van der Waals surface area (Å²) in [4.78, 5) is 6.90. The molecular weight excluding hydrogens is 290 g/mol. The molecule has 1 aliphatic rings. The number of ether oxygens (including phenoxy) is 1. The molecule has 3 rings (SSSR count). The molecule has 0 aromatic carbocycles. The first-order valence-corrected chi connectivity index (χ1v) is 6.05. The van der Waals surface area contributed by atoms with E-state index in [1.54, 1.807) is 0 Å². The van der Waals surface area contributed by atoms with Crippen LogP contribution in [0.2, 0.25) is 0 Å². The molecular formula is C11H12F2N4O4. The fourth-order valence-corrected chi connectivity index (χ4v) is 2.38. The summed E-state index contributed by atoms with van der Waals surface area (Å²) < 4.78 is 33.2. The van der Waals surface area contributed by atoms with E-state index in [9.17, 15) is 19.0 Å². The Hall–Kier alpha value is -1.88. The number of rotatable bonds is 2. The third-order valence-electron chi connectivity index (χ3n) is 3.44. The van der Waals surface area contributed by atoms with Gasteiger partial charge in [-0.05, 0) is 0 Å². The lowest BCUT2D eigenvalue weighted by Gasteiger charge is -2.17. The molecule has 0 spiro atoms. The quantitative estimate of drug-likeness (QED) is 0.519. The van der Waals surface area contributed by atoms with Crippen LogP contribution in [0.25, 0.3) is 11.0 Å². The van der Waals surface area contributed by atoms with E-state index >= 15 is 0 Å². The summed E-state index contributed by atoms with van der Waals surface area (Å²) >= 11 is 0. The van der Waals surface area contributed by atoms with Crippen molar-refractivity contribution in [3.8, 4) is 0 Å². The molecule has 1 fully saturated rings. The number of nitrogens with zero attached hydrogens (tertiary/aromatic N) is 3. The van der Waals surface area contributed by atoms with Crippen molar-refractivity contribution >= 4 is 16.9 Å². The second-order valence-electron chi connectivity index (χ2n) is 4.68. The maximum atomic E-state index is 13.6. The average molecular weight is 302 g/mol. The fraction of sp³-hybridized carbons (Fsp3) is 0.455. The third kappa shape index (κ3) is 1.95. The molecule has 0 unspecified atom stereocenters. The second-order valence-corrected chi connectivity index (χ2v) is 4.68. The number of aliphatic hydroxyl groups is 3. The van der Waals surface area contributed by atoms with Crippen LogP contribution in [0.15, 0.2) is 6.33 Å². The van der Waals surface area contributed by atoms with Crippen molar-refractivity contribution in [3.63, 3.8) is 0 Å². The Morgan fingerprint density at radius 2 is 2.05 bits per heavy atom. The number of fused-ring (bicyclic) bond motifs is 1. The number of hydrogen-bond donors (Lipinski definition) is 4. The lowest BCUT2D eigenvalue weighted by molar-refractivity contribution is -0.0508. The standard InChI is InChI=1S/C11H12F2N4O4/c12-4-5-6(10(14)16-9(4)13)17(2-15-5)11-8(20)7(19)3(1-18)21-11/h2-3,7-8,11,18-20H,1H2,(H2,14,16)/t3-,7-,8-,11-/m1/s1. The Morgan fingerprint density at radius 1 is 1.33 bits per heavy atom. The average Bonchev–Trinajstić information content (AvgIpc) is 3.00. The minimum atomic E-state index is -1.40. The predicted octanol–water partition coefficient (Wildman–Crippen LogP) is -1.10. The molecule has 1 saturated heterocycles. The van der Waals surface area contributed by atoms with Gasteiger partial charge in [-0.3, -0.25) is 4.57 Å². The molecule has 114 valence electrons. The van der Waals surface area contributed by atoms with E-state index in [1.165, 1.54) is 0 Å². The van der Waals surface area contributed by atoms with Gasteiger partial charge in [-0.15, -0.1) is 0 Å². The molecule has 0 amide bonds. The van der Waals surface area contributed by atoms with Crippen LogP contribution in [0.1, 0.15) is 6.23 Å². The minimum Gasteiger partial charge on any atom is -0.394 e. The molecule has 8 nitrogen and oxygen atoms in total. The van der Waals surface area contributed by atoms with E-state index in [0.717, 1.165) is 10.9 Å². The molecule has 1 aliphatic heterocycles. The zero-order valence-electron chi connectivity index (χ0n) is 10.5. The number of aromatic nitrogens is 3. The van der Waals surface area contributed by atoms with Crippen molar-refractivity contribution in [1.82, 2.24) is 14.5 Å². The van der Waals surface area contributed by atoms with E-state index in [0.29, 0.717) is 0 Å². The smallest absolute Gasteiger partial charge is 0.253 e. The number of hydrogen-bond acceptors (Lipinski definition) is 7. The Morgan fingerprint density at radius 3 is 2.67 bits per heavy atom. The van der Waals surface area contributed by atoms with E-state index < -0.39 is 42.9 Å². The van der Waals surface area contributed by atoms with Gasteiger partial charge in [0, 0.05) is 0 Å². The molecule has 0 radical (unpaired) electrons. The minimum absolute atomic E-state index is 0.0660. The van der Waals surface area contributed by atoms with E-state index in [1.807, 2.05) is 0 Å². The lowest BCUT2D eigenvalue weighted by Crippen LogP contribution is -2.33. The molecule has 5 N–H and O–H groups in total. The topological polar surface area (TPSA) is 127 Å². The first kappa shape index (κ1) is 14.1. The monoisotopic (exact) mass is 302 g/mol. The van der Waals surface area contributed by atoms with Crippen molar-refractivity contribution in [2.45, 2.75) is 24.5 Å². The highest BCUT2D eigenvalue weighted by Gasteiger charge is 2.44. The van der Waals surface area contributed by atoms with Crippen LogP contribution in [-0.2, 0) is 4.74 Å². The van der Waals surface area contributed by atoms with Gasteiger partial charge in [-0.1, -0.05) is 0 Å². The number of pyridine rings is 1. The zero-order valence-corrected chi connectivity index (χ0v) is 10.5. The Labute approximate surface area is 116 Å². The van der Waals surface area contributed by atoms with Gasteiger partial charge in [-0.2, -0.15) is 13.8 Å². The molecule has 2 aromatic heterocycles. The molecule has 21 heavy (non-hydrogen) atoms. The normalized spacial score (nSPS) is 29.4. The van der Waals surface area contributed by atoms with Crippen molar-refractivity contribution in [3.05, 3.63) is 18.1 Å². The van der Waals surface area contributed by atoms with Crippen LogP contribution in [0.3, 0.4) is 0 Å². The first-order valence-electron chi connectivity index (χ1n) is 6.05. The van der Waals surface area contributed by atoms with Gasteiger partial charge < -0.3 is 25.8 Å². The van der Waals surface area contributed by atoms with E-state index in [2.05, 4.69) is 9.97 Å². The molecule has 4 atom stereocenters.